The Morgan fingerprint density at radius 2 is 0.954 bits per heavy atom. The minimum absolute atomic E-state index is 0.0347. The van der Waals surface area contributed by atoms with Gasteiger partial charge in [-0.2, -0.15) is 0 Å². The van der Waals surface area contributed by atoms with Crippen molar-refractivity contribution in [3.63, 3.8) is 0 Å². The van der Waals surface area contributed by atoms with Crippen LogP contribution in [-0.4, -0.2) is 10.7 Å². The molecule has 2 heterocycles. The largest absolute Gasteiger partial charge is 0.484 e. The monoisotopic (exact) mass is 830 g/mol. The lowest BCUT2D eigenvalue weighted by molar-refractivity contribution is 0.270. The number of fused-ring (bicyclic) bond motifs is 9. The van der Waals surface area contributed by atoms with Crippen molar-refractivity contribution in [1.82, 2.24) is 4.57 Å². The molecule has 1 aliphatic carbocycles. The van der Waals surface area contributed by atoms with Crippen LogP contribution in [0.25, 0.3) is 82.4 Å². The topological polar surface area (TPSA) is 17.4 Å². The van der Waals surface area contributed by atoms with E-state index in [4.69, 9.17) is 4.74 Å². The van der Waals surface area contributed by atoms with E-state index in [0.29, 0.717) is 0 Å². The summed E-state index contributed by atoms with van der Waals surface area (Å²) in [7, 11) is 0. The molecule has 0 amide bonds. The lowest BCUT2D eigenvalue weighted by Gasteiger charge is -2.30. The molecular formula is C62H42N2O. The van der Waals surface area contributed by atoms with Crippen LogP contribution in [0.2, 0.25) is 0 Å². The number of ether oxygens (including phenoxy) is 1. The number of nitrogens with zero attached hydrogens (tertiary/aromatic N) is 2. The van der Waals surface area contributed by atoms with Crippen molar-refractivity contribution in [1.29, 1.82) is 0 Å². The Labute approximate surface area is 378 Å². The Bertz CT molecular complexity index is 3650. The van der Waals surface area contributed by atoms with Crippen molar-refractivity contribution < 1.29 is 4.74 Å². The van der Waals surface area contributed by atoms with E-state index in [1.165, 1.54) is 60.0 Å². The number of allylic oxidation sites excluding steroid dienone is 2. The Kier molecular flexibility index (Phi) is 8.67. The summed E-state index contributed by atoms with van der Waals surface area (Å²) in [5.74, 6) is 1.22. The van der Waals surface area contributed by atoms with Crippen LogP contribution in [0.3, 0.4) is 0 Å². The van der Waals surface area contributed by atoms with Crippen LogP contribution in [0.15, 0.2) is 243 Å². The molecule has 10 aromatic carbocycles. The number of rotatable bonds is 7. The lowest BCUT2D eigenvalue weighted by Crippen LogP contribution is -2.15. The number of benzene rings is 10. The Hall–Kier alpha value is -8.40. The second kappa shape index (κ2) is 15.1. The highest BCUT2D eigenvalue weighted by molar-refractivity contribution is 6.15. The fraction of sp³-hybridized carbons (Fsp3) is 0.0323. The maximum Gasteiger partial charge on any atom is 0.132 e. The molecule has 11 aromatic rings. The van der Waals surface area contributed by atoms with E-state index in [9.17, 15) is 0 Å². The summed E-state index contributed by atoms with van der Waals surface area (Å²) in [6.45, 7) is 0. The quantitative estimate of drug-likeness (QED) is 0.149. The van der Waals surface area contributed by atoms with Gasteiger partial charge in [-0.1, -0.05) is 194 Å². The average molecular weight is 831 g/mol. The molecular weight excluding hydrogens is 789 g/mol. The van der Waals surface area contributed by atoms with Crippen LogP contribution >= 0.6 is 0 Å². The minimum atomic E-state index is 0.0347. The standard InChI is InChI=1S/C62H42N2O/c1-2-17-46-44(16-1)40-60(51-21-4-3-20-50(46)51)63(45-38-36-43(37-39-45)49-25-15-26-55-54-24-9-14-31-61(54)65-62(49)55)56-27-10-5-18-47(56)41-32-34-42(35-33-41)48-19-6-11-28-57(48)64-58-29-12-7-22-52(58)53-23-8-13-30-59(53)64/h1-40,54,61H. The van der Waals surface area contributed by atoms with Crippen molar-refractivity contribution in [3.05, 3.63) is 248 Å². The molecule has 1 aliphatic heterocycles. The summed E-state index contributed by atoms with van der Waals surface area (Å²) in [5.41, 5.74) is 15.0. The molecule has 0 radical (unpaired) electrons. The van der Waals surface area contributed by atoms with E-state index in [1.807, 2.05) is 0 Å². The van der Waals surface area contributed by atoms with Crippen LogP contribution < -0.4 is 9.64 Å². The van der Waals surface area contributed by atoms with Gasteiger partial charge in [-0.3, -0.25) is 0 Å². The molecule has 2 unspecified atom stereocenters. The van der Waals surface area contributed by atoms with Crippen molar-refractivity contribution in [3.8, 4) is 44.8 Å². The van der Waals surface area contributed by atoms with E-state index in [0.717, 1.165) is 50.8 Å². The zero-order chi connectivity index (χ0) is 42.8. The summed E-state index contributed by atoms with van der Waals surface area (Å²) < 4.78 is 9.03. The van der Waals surface area contributed by atoms with Gasteiger partial charge < -0.3 is 14.2 Å². The van der Waals surface area contributed by atoms with Gasteiger partial charge in [0.2, 0.25) is 0 Å². The molecule has 2 atom stereocenters. The third kappa shape index (κ3) is 6.04. The number of hydrogen-bond acceptors (Lipinski definition) is 2. The van der Waals surface area contributed by atoms with E-state index in [1.54, 1.807) is 0 Å². The fourth-order valence-corrected chi connectivity index (χ4v) is 10.5. The molecule has 0 fully saturated rings. The molecule has 0 N–H and O–H groups in total. The maximum atomic E-state index is 6.61. The lowest BCUT2D eigenvalue weighted by atomic mass is 9.90. The van der Waals surface area contributed by atoms with E-state index >= 15 is 0 Å². The van der Waals surface area contributed by atoms with Crippen molar-refractivity contribution in [2.75, 3.05) is 4.90 Å². The molecule has 0 saturated carbocycles. The summed E-state index contributed by atoms with van der Waals surface area (Å²) in [6, 6.07) is 79.7. The maximum absolute atomic E-state index is 6.61. The highest BCUT2D eigenvalue weighted by atomic mass is 16.5. The predicted molar refractivity (Wildman–Crippen MR) is 272 cm³/mol. The van der Waals surface area contributed by atoms with Gasteiger partial charge in [-0.25, -0.2) is 0 Å². The van der Waals surface area contributed by atoms with Crippen LogP contribution in [0.5, 0.6) is 5.75 Å². The first-order chi connectivity index (χ1) is 32.3. The molecule has 3 nitrogen and oxygen atoms in total. The Balaban J connectivity index is 0.945. The first-order valence-corrected chi connectivity index (χ1v) is 22.5. The fourth-order valence-electron chi connectivity index (χ4n) is 10.5. The summed E-state index contributed by atoms with van der Waals surface area (Å²) in [4.78, 5) is 2.45. The van der Waals surface area contributed by atoms with Gasteiger partial charge in [0.15, 0.2) is 0 Å². The summed E-state index contributed by atoms with van der Waals surface area (Å²) in [5, 5.41) is 7.39. The number of aromatic nitrogens is 1. The molecule has 306 valence electrons. The van der Waals surface area contributed by atoms with Crippen molar-refractivity contribution in [2.45, 2.75) is 12.0 Å². The second-order valence-electron chi connectivity index (χ2n) is 17.1. The number of hydrogen-bond donors (Lipinski definition) is 0. The highest BCUT2D eigenvalue weighted by Crippen LogP contribution is 2.49. The molecule has 3 heteroatoms. The van der Waals surface area contributed by atoms with E-state index < -0.39 is 0 Å². The van der Waals surface area contributed by atoms with Gasteiger partial charge in [-0.05, 0) is 81.4 Å². The van der Waals surface area contributed by atoms with Gasteiger partial charge >= 0.3 is 0 Å². The average Bonchev–Trinajstić information content (AvgIpc) is 3.93. The van der Waals surface area contributed by atoms with E-state index in [2.05, 4.69) is 252 Å². The van der Waals surface area contributed by atoms with Gasteiger partial charge in [-0.15, -0.1) is 0 Å². The molecule has 2 aliphatic rings. The van der Waals surface area contributed by atoms with Gasteiger partial charge in [0, 0.05) is 50.0 Å². The molecule has 1 aromatic heterocycles. The zero-order valence-corrected chi connectivity index (χ0v) is 35.6. The van der Waals surface area contributed by atoms with Crippen LogP contribution in [0, 0.1) is 0 Å². The van der Waals surface area contributed by atoms with Gasteiger partial charge in [0.05, 0.1) is 28.1 Å². The Morgan fingerprint density at radius 1 is 0.400 bits per heavy atom. The van der Waals surface area contributed by atoms with Gasteiger partial charge in [0.25, 0.3) is 0 Å². The molecule has 0 bridgehead atoms. The first-order valence-electron chi connectivity index (χ1n) is 22.5. The number of anilines is 3. The SMILES string of the molecule is C1=CC2Oc3c(-c4ccc(N(c5ccccc5-c5ccc(-c6ccccc6-n6c7ccccc7c7ccccc76)cc5)c5cc6ccccc6c6ccccc56)cc4)cccc3C2C=C1. The van der Waals surface area contributed by atoms with Gasteiger partial charge in [0.1, 0.15) is 11.9 Å². The predicted octanol–water partition coefficient (Wildman–Crippen LogP) is 16.5. The zero-order valence-electron chi connectivity index (χ0n) is 35.6. The minimum Gasteiger partial charge on any atom is -0.484 e. The number of para-hydroxylation sites is 5. The smallest absolute Gasteiger partial charge is 0.132 e. The van der Waals surface area contributed by atoms with Crippen molar-refractivity contribution >= 4 is 60.4 Å². The summed E-state index contributed by atoms with van der Waals surface area (Å²) >= 11 is 0. The first kappa shape index (κ1) is 37.2. The third-order valence-corrected chi connectivity index (χ3v) is 13.5. The van der Waals surface area contributed by atoms with Crippen molar-refractivity contribution in [2.24, 2.45) is 0 Å². The normalized spacial score (nSPS) is 15.1. The highest BCUT2D eigenvalue weighted by Gasteiger charge is 2.34. The molecule has 0 spiro atoms. The van der Waals surface area contributed by atoms with E-state index in [-0.39, 0.29) is 12.0 Å². The van der Waals surface area contributed by atoms with Crippen LogP contribution in [0.4, 0.5) is 17.1 Å². The van der Waals surface area contributed by atoms with Crippen LogP contribution in [-0.2, 0) is 0 Å². The third-order valence-electron chi connectivity index (χ3n) is 13.5. The molecule has 0 saturated heterocycles. The Morgan fingerprint density at radius 3 is 1.72 bits per heavy atom. The summed E-state index contributed by atoms with van der Waals surface area (Å²) in [6.07, 6.45) is 8.68. The van der Waals surface area contributed by atoms with Crippen LogP contribution in [0.1, 0.15) is 11.5 Å². The molecule has 13 rings (SSSR count). The molecule has 65 heavy (non-hydrogen) atoms. The second-order valence-corrected chi connectivity index (χ2v) is 17.1.